The van der Waals surface area contributed by atoms with Crippen molar-refractivity contribution in [1.82, 2.24) is 9.80 Å². The minimum Gasteiger partial charge on any atom is -0.388 e. The Morgan fingerprint density at radius 3 is 2.67 bits per heavy atom. The van der Waals surface area contributed by atoms with Gasteiger partial charge in [-0.2, -0.15) is 0 Å². The third-order valence-corrected chi connectivity index (χ3v) is 4.90. The van der Waals surface area contributed by atoms with Gasteiger partial charge in [-0.1, -0.05) is 30.3 Å². The zero-order valence-electron chi connectivity index (χ0n) is 12.6. The van der Waals surface area contributed by atoms with E-state index in [0.29, 0.717) is 6.04 Å². The second-order valence-electron chi connectivity index (χ2n) is 6.26. The molecule has 0 spiro atoms. The highest BCUT2D eigenvalue weighted by Crippen LogP contribution is 2.31. The van der Waals surface area contributed by atoms with E-state index < -0.39 is 6.10 Å². The van der Waals surface area contributed by atoms with Crippen molar-refractivity contribution in [3.63, 3.8) is 0 Å². The summed E-state index contributed by atoms with van der Waals surface area (Å²) in [6, 6.07) is 10.2. The smallest absolute Gasteiger partial charge is 0.239 e. The Bertz CT molecular complexity index is 491. The van der Waals surface area contributed by atoms with Crippen LogP contribution in [-0.2, 0) is 4.79 Å². The van der Waals surface area contributed by atoms with E-state index in [1.165, 1.54) is 0 Å². The van der Waals surface area contributed by atoms with Crippen LogP contribution in [0.1, 0.15) is 37.4 Å². The summed E-state index contributed by atoms with van der Waals surface area (Å²) in [5.74, 6) is 0.246. The molecule has 4 heteroatoms. The molecule has 0 aromatic heterocycles. The highest BCUT2D eigenvalue weighted by molar-refractivity contribution is 5.83. The lowest BCUT2D eigenvalue weighted by Crippen LogP contribution is -2.44. The van der Waals surface area contributed by atoms with Crippen LogP contribution in [0.3, 0.4) is 0 Å². The molecule has 0 unspecified atom stereocenters. The van der Waals surface area contributed by atoms with Gasteiger partial charge in [-0.3, -0.25) is 9.69 Å². The van der Waals surface area contributed by atoms with Gasteiger partial charge in [0.1, 0.15) is 0 Å². The molecular formula is C17H24N2O2. The summed E-state index contributed by atoms with van der Waals surface area (Å²) in [6.07, 6.45) is 3.41. The molecule has 2 fully saturated rings. The molecule has 0 radical (unpaired) electrons. The van der Waals surface area contributed by atoms with E-state index in [4.69, 9.17) is 0 Å². The first-order valence-electron chi connectivity index (χ1n) is 7.90. The summed E-state index contributed by atoms with van der Waals surface area (Å²) in [6.45, 7) is 1.84. The van der Waals surface area contributed by atoms with Crippen molar-refractivity contribution in [1.29, 1.82) is 0 Å². The predicted octanol–water partition coefficient (Wildman–Crippen LogP) is 1.81. The fourth-order valence-corrected chi connectivity index (χ4v) is 3.70. The number of likely N-dealkylation sites (N-methyl/N-ethyl adjacent to an activating group) is 1. The van der Waals surface area contributed by atoms with Crippen molar-refractivity contribution >= 4 is 5.91 Å². The van der Waals surface area contributed by atoms with Crippen molar-refractivity contribution in [3.05, 3.63) is 35.9 Å². The Labute approximate surface area is 126 Å². The van der Waals surface area contributed by atoms with Gasteiger partial charge in [-0.05, 0) is 37.8 Å². The van der Waals surface area contributed by atoms with E-state index in [1.54, 1.807) is 0 Å². The van der Waals surface area contributed by atoms with E-state index >= 15 is 0 Å². The molecule has 21 heavy (non-hydrogen) atoms. The highest BCUT2D eigenvalue weighted by Gasteiger charge is 2.39. The summed E-state index contributed by atoms with van der Waals surface area (Å²) >= 11 is 0. The molecule has 3 rings (SSSR count). The van der Waals surface area contributed by atoms with Crippen LogP contribution in [0.25, 0.3) is 0 Å². The van der Waals surface area contributed by atoms with E-state index in [0.717, 1.165) is 44.3 Å². The molecule has 3 atom stereocenters. The van der Waals surface area contributed by atoms with Crippen molar-refractivity contribution < 1.29 is 9.90 Å². The number of nitrogens with zero attached hydrogens (tertiary/aromatic N) is 2. The number of hydrogen-bond donors (Lipinski definition) is 1. The SMILES string of the molecule is CN1CC[C@H](N2CCC[C@@H]2C[C@H](O)c2ccccc2)C1=O. The van der Waals surface area contributed by atoms with Crippen molar-refractivity contribution in [2.24, 2.45) is 0 Å². The summed E-state index contributed by atoms with van der Waals surface area (Å²) in [7, 11) is 1.88. The Morgan fingerprint density at radius 1 is 1.24 bits per heavy atom. The minimum absolute atomic E-state index is 0.0328. The molecule has 2 aliphatic heterocycles. The molecule has 0 aliphatic carbocycles. The number of aliphatic hydroxyl groups excluding tert-OH is 1. The number of amides is 1. The van der Waals surface area contributed by atoms with Crippen LogP contribution < -0.4 is 0 Å². The topological polar surface area (TPSA) is 43.8 Å². The number of rotatable bonds is 4. The number of benzene rings is 1. The van der Waals surface area contributed by atoms with Crippen LogP contribution >= 0.6 is 0 Å². The van der Waals surface area contributed by atoms with Gasteiger partial charge >= 0.3 is 0 Å². The van der Waals surface area contributed by atoms with E-state index in [2.05, 4.69) is 4.90 Å². The molecule has 1 N–H and O–H groups in total. The van der Waals surface area contributed by atoms with E-state index in [1.807, 2.05) is 42.3 Å². The summed E-state index contributed by atoms with van der Waals surface area (Å²) in [5.41, 5.74) is 0.971. The number of hydrogen-bond acceptors (Lipinski definition) is 3. The van der Waals surface area contributed by atoms with Crippen LogP contribution in [0.15, 0.2) is 30.3 Å². The Kier molecular flexibility index (Phi) is 4.27. The lowest BCUT2D eigenvalue weighted by molar-refractivity contribution is -0.131. The minimum atomic E-state index is -0.439. The maximum absolute atomic E-state index is 12.2. The molecular weight excluding hydrogens is 264 g/mol. The summed E-state index contributed by atoms with van der Waals surface area (Å²) in [5, 5.41) is 10.4. The first kappa shape index (κ1) is 14.5. The fraction of sp³-hybridized carbons (Fsp3) is 0.588. The Morgan fingerprint density at radius 2 is 2.00 bits per heavy atom. The first-order valence-corrected chi connectivity index (χ1v) is 7.90. The van der Waals surface area contributed by atoms with E-state index in [9.17, 15) is 9.90 Å². The van der Waals surface area contributed by atoms with Gasteiger partial charge in [-0.15, -0.1) is 0 Å². The third kappa shape index (κ3) is 2.97. The first-order chi connectivity index (χ1) is 10.2. The van der Waals surface area contributed by atoms with Crippen LogP contribution in [0, 0.1) is 0 Å². The summed E-state index contributed by atoms with van der Waals surface area (Å²) in [4.78, 5) is 16.4. The second kappa shape index (κ2) is 6.16. The zero-order chi connectivity index (χ0) is 14.8. The lowest BCUT2D eigenvalue weighted by atomic mass is 9.99. The van der Waals surface area contributed by atoms with Gasteiger partial charge in [0.25, 0.3) is 0 Å². The number of likely N-dealkylation sites (tertiary alicyclic amines) is 2. The van der Waals surface area contributed by atoms with Gasteiger partial charge < -0.3 is 10.0 Å². The average Bonchev–Trinajstić information content (AvgIpc) is 3.08. The molecule has 114 valence electrons. The maximum Gasteiger partial charge on any atom is 0.239 e. The molecule has 2 saturated heterocycles. The van der Waals surface area contributed by atoms with Crippen LogP contribution in [0.5, 0.6) is 0 Å². The quantitative estimate of drug-likeness (QED) is 0.919. The fourth-order valence-electron chi connectivity index (χ4n) is 3.70. The van der Waals surface area contributed by atoms with Crippen LogP contribution in [0.4, 0.5) is 0 Å². The maximum atomic E-state index is 12.2. The van der Waals surface area contributed by atoms with Gasteiger partial charge in [0, 0.05) is 19.6 Å². The summed E-state index contributed by atoms with van der Waals surface area (Å²) < 4.78 is 0. The molecule has 2 heterocycles. The molecule has 1 aromatic carbocycles. The number of aliphatic hydroxyl groups is 1. The van der Waals surface area contributed by atoms with Gasteiger partial charge in [0.2, 0.25) is 5.91 Å². The molecule has 2 aliphatic rings. The molecule has 1 amide bonds. The van der Waals surface area contributed by atoms with Crippen molar-refractivity contribution in [2.75, 3.05) is 20.1 Å². The van der Waals surface area contributed by atoms with Gasteiger partial charge in [0.05, 0.1) is 12.1 Å². The van der Waals surface area contributed by atoms with E-state index in [-0.39, 0.29) is 11.9 Å². The Balaban J connectivity index is 1.66. The van der Waals surface area contributed by atoms with Crippen molar-refractivity contribution in [3.8, 4) is 0 Å². The van der Waals surface area contributed by atoms with Crippen molar-refractivity contribution in [2.45, 2.75) is 43.9 Å². The average molecular weight is 288 g/mol. The molecule has 4 nitrogen and oxygen atoms in total. The normalized spacial score (nSPS) is 28.3. The number of carbonyl (C=O) groups excluding carboxylic acids is 1. The second-order valence-corrected chi connectivity index (χ2v) is 6.26. The lowest BCUT2D eigenvalue weighted by Gasteiger charge is -2.30. The Hall–Kier alpha value is -1.39. The van der Waals surface area contributed by atoms with Crippen LogP contribution in [-0.4, -0.2) is 53.0 Å². The highest BCUT2D eigenvalue weighted by atomic mass is 16.3. The standard InChI is InChI=1S/C17H24N2O2/c1-18-11-9-15(17(18)21)19-10-5-8-14(19)12-16(20)13-6-3-2-4-7-13/h2-4,6-7,14-16,20H,5,8-12H2,1H3/t14-,15+,16+/m1/s1. The predicted molar refractivity (Wildman–Crippen MR) is 81.8 cm³/mol. The van der Waals surface area contributed by atoms with Gasteiger partial charge in [-0.25, -0.2) is 0 Å². The van der Waals surface area contributed by atoms with Crippen LogP contribution in [0.2, 0.25) is 0 Å². The third-order valence-electron chi connectivity index (χ3n) is 4.90. The largest absolute Gasteiger partial charge is 0.388 e. The molecule has 0 bridgehead atoms. The zero-order valence-corrected chi connectivity index (χ0v) is 12.6. The molecule has 0 saturated carbocycles. The van der Waals surface area contributed by atoms with Gasteiger partial charge in [0.15, 0.2) is 0 Å². The monoisotopic (exact) mass is 288 g/mol. The number of carbonyl (C=O) groups is 1. The molecule has 1 aromatic rings.